The van der Waals surface area contributed by atoms with Gasteiger partial charge >= 0.3 is 0 Å². The van der Waals surface area contributed by atoms with Crippen molar-refractivity contribution in [1.82, 2.24) is 14.8 Å². The maximum atomic E-state index is 12.6. The molecule has 30 heavy (non-hydrogen) atoms. The lowest BCUT2D eigenvalue weighted by atomic mass is 10.1. The van der Waals surface area contributed by atoms with Crippen LogP contribution in [-0.2, 0) is 9.53 Å². The van der Waals surface area contributed by atoms with Gasteiger partial charge in [-0.05, 0) is 43.5 Å². The summed E-state index contributed by atoms with van der Waals surface area (Å²) >= 11 is 0. The van der Waals surface area contributed by atoms with Gasteiger partial charge in [0.15, 0.2) is 0 Å². The third-order valence-electron chi connectivity index (χ3n) is 5.78. The molecule has 2 fully saturated rings. The van der Waals surface area contributed by atoms with Crippen LogP contribution in [0.1, 0.15) is 41.4 Å². The summed E-state index contributed by atoms with van der Waals surface area (Å²) in [5.74, 6) is -0.232. The molecule has 1 aromatic heterocycles. The minimum absolute atomic E-state index is 0.169. The van der Waals surface area contributed by atoms with Crippen LogP contribution in [0.2, 0.25) is 0 Å². The van der Waals surface area contributed by atoms with E-state index in [0.717, 1.165) is 49.4 Å². The van der Waals surface area contributed by atoms with Crippen molar-refractivity contribution in [2.45, 2.75) is 25.4 Å². The zero-order valence-electron chi connectivity index (χ0n) is 17.1. The highest BCUT2D eigenvalue weighted by atomic mass is 16.5. The van der Waals surface area contributed by atoms with Crippen LogP contribution in [-0.4, -0.2) is 65.9 Å². The SMILES string of the molecule is NC(=O)c1ccc(-c2cccc(C3CN(CC(=O)N4CCCCC4)CCO3)n2)cc1. The highest BCUT2D eigenvalue weighted by Crippen LogP contribution is 2.24. The van der Waals surface area contributed by atoms with Crippen molar-refractivity contribution in [3.8, 4) is 11.3 Å². The predicted octanol–water partition coefficient (Wildman–Crippen LogP) is 2.23. The van der Waals surface area contributed by atoms with Gasteiger partial charge < -0.3 is 15.4 Å². The smallest absolute Gasteiger partial charge is 0.248 e. The zero-order valence-corrected chi connectivity index (χ0v) is 17.1. The Kier molecular flexibility index (Phi) is 6.40. The van der Waals surface area contributed by atoms with Crippen LogP contribution < -0.4 is 5.73 Å². The monoisotopic (exact) mass is 408 g/mol. The maximum absolute atomic E-state index is 12.6. The second kappa shape index (κ2) is 9.36. The first-order valence-corrected chi connectivity index (χ1v) is 10.6. The first kappa shape index (κ1) is 20.5. The number of ether oxygens (including phenoxy) is 1. The topological polar surface area (TPSA) is 88.8 Å². The average molecular weight is 409 g/mol. The number of pyridine rings is 1. The highest BCUT2D eigenvalue weighted by Gasteiger charge is 2.26. The molecule has 2 saturated heterocycles. The van der Waals surface area contributed by atoms with Gasteiger partial charge in [0, 0.05) is 37.3 Å². The second-order valence-electron chi connectivity index (χ2n) is 7.93. The molecule has 4 rings (SSSR count). The average Bonchev–Trinajstić information content (AvgIpc) is 2.80. The number of likely N-dealkylation sites (tertiary alicyclic amines) is 1. The van der Waals surface area contributed by atoms with Crippen LogP contribution in [0.5, 0.6) is 0 Å². The fourth-order valence-electron chi connectivity index (χ4n) is 4.06. The summed E-state index contributed by atoms with van der Waals surface area (Å²) in [6, 6.07) is 13.0. The molecule has 3 heterocycles. The Morgan fingerprint density at radius 2 is 1.80 bits per heavy atom. The fourth-order valence-corrected chi connectivity index (χ4v) is 4.06. The standard InChI is InChI=1S/C23H28N4O3/c24-23(29)18-9-7-17(8-10-18)19-5-4-6-20(25-19)21-15-26(13-14-30-21)16-22(28)27-11-2-1-3-12-27/h4-10,21H,1-3,11-16H2,(H2,24,29). The minimum Gasteiger partial charge on any atom is -0.369 e. The van der Waals surface area contributed by atoms with Crippen molar-refractivity contribution >= 4 is 11.8 Å². The lowest BCUT2D eigenvalue weighted by molar-refractivity contribution is -0.135. The summed E-state index contributed by atoms with van der Waals surface area (Å²) in [5, 5.41) is 0. The van der Waals surface area contributed by atoms with Crippen molar-refractivity contribution in [2.75, 3.05) is 39.3 Å². The number of rotatable bonds is 5. The lowest BCUT2D eigenvalue weighted by Gasteiger charge is -2.34. The van der Waals surface area contributed by atoms with Gasteiger partial charge in [-0.15, -0.1) is 0 Å². The molecule has 7 heteroatoms. The van der Waals surface area contributed by atoms with Gasteiger partial charge in [0.2, 0.25) is 11.8 Å². The number of carbonyl (C=O) groups is 2. The predicted molar refractivity (Wildman–Crippen MR) is 114 cm³/mol. The molecule has 0 aliphatic carbocycles. The van der Waals surface area contributed by atoms with Gasteiger partial charge in [0.1, 0.15) is 6.10 Å². The first-order chi connectivity index (χ1) is 14.6. The molecule has 7 nitrogen and oxygen atoms in total. The second-order valence-corrected chi connectivity index (χ2v) is 7.93. The van der Waals surface area contributed by atoms with Crippen LogP contribution in [0.25, 0.3) is 11.3 Å². The molecule has 0 bridgehead atoms. The van der Waals surface area contributed by atoms with E-state index in [1.54, 1.807) is 12.1 Å². The van der Waals surface area contributed by atoms with E-state index in [1.807, 2.05) is 35.2 Å². The van der Waals surface area contributed by atoms with Gasteiger partial charge in [-0.25, -0.2) is 0 Å². The Balaban J connectivity index is 1.42. The van der Waals surface area contributed by atoms with Crippen LogP contribution >= 0.6 is 0 Å². The first-order valence-electron chi connectivity index (χ1n) is 10.6. The molecule has 0 saturated carbocycles. The molecular weight excluding hydrogens is 380 g/mol. The van der Waals surface area contributed by atoms with E-state index in [-0.39, 0.29) is 12.0 Å². The number of aromatic nitrogens is 1. The summed E-state index contributed by atoms with van der Waals surface area (Å²) in [6.45, 7) is 4.18. The fraction of sp³-hybridized carbons (Fsp3) is 0.435. The molecule has 2 aliphatic rings. The molecule has 0 spiro atoms. The van der Waals surface area contributed by atoms with Crippen molar-refractivity contribution in [3.05, 3.63) is 53.7 Å². The molecule has 1 aromatic carbocycles. The van der Waals surface area contributed by atoms with Gasteiger partial charge in [-0.3, -0.25) is 19.5 Å². The maximum Gasteiger partial charge on any atom is 0.248 e. The van der Waals surface area contributed by atoms with E-state index in [2.05, 4.69) is 4.90 Å². The Morgan fingerprint density at radius 3 is 2.53 bits per heavy atom. The van der Waals surface area contributed by atoms with Gasteiger partial charge in [0.05, 0.1) is 24.5 Å². The molecule has 0 radical (unpaired) electrons. The number of hydrogen-bond donors (Lipinski definition) is 1. The van der Waals surface area contributed by atoms with E-state index >= 15 is 0 Å². The normalized spacial score (nSPS) is 20.1. The van der Waals surface area contributed by atoms with E-state index in [9.17, 15) is 9.59 Å². The number of benzene rings is 1. The van der Waals surface area contributed by atoms with E-state index in [0.29, 0.717) is 25.3 Å². The quantitative estimate of drug-likeness (QED) is 0.820. The van der Waals surface area contributed by atoms with Gasteiger partial charge in [-0.2, -0.15) is 0 Å². The Morgan fingerprint density at radius 1 is 1.03 bits per heavy atom. The number of morpholine rings is 1. The van der Waals surface area contributed by atoms with E-state index in [4.69, 9.17) is 15.5 Å². The Hall–Kier alpha value is -2.77. The summed E-state index contributed by atoms with van der Waals surface area (Å²) in [6.07, 6.45) is 3.26. The van der Waals surface area contributed by atoms with Crippen LogP contribution in [0.4, 0.5) is 0 Å². The Bertz CT molecular complexity index is 894. The van der Waals surface area contributed by atoms with Crippen molar-refractivity contribution in [3.63, 3.8) is 0 Å². The van der Waals surface area contributed by atoms with Crippen molar-refractivity contribution in [1.29, 1.82) is 0 Å². The largest absolute Gasteiger partial charge is 0.369 e. The molecule has 1 atom stereocenters. The molecule has 1 unspecified atom stereocenters. The van der Waals surface area contributed by atoms with Crippen LogP contribution in [0.3, 0.4) is 0 Å². The molecule has 2 N–H and O–H groups in total. The number of primary amides is 1. The summed E-state index contributed by atoms with van der Waals surface area (Å²) in [4.78, 5) is 32.8. The number of nitrogens with two attached hydrogens (primary N) is 1. The molecule has 2 aromatic rings. The molecule has 2 aliphatic heterocycles. The lowest BCUT2D eigenvalue weighted by Crippen LogP contribution is -2.46. The number of amides is 2. The van der Waals surface area contributed by atoms with Gasteiger partial charge in [0.25, 0.3) is 0 Å². The third kappa shape index (κ3) is 4.86. The molecule has 2 amide bonds. The van der Waals surface area contributed by atoms with Crippen LogP contribution in [0, 0.1) is 0 Å². The third-order valence-corrected chi connectivity index (χ3v) is 5.78. The van der Waals surface area contributed by atoms with E-state index in [1.165, 1.54) is 6.42 Å². The van der Waals surface area contributed by atoms with Crippen molar-refractivity contribution < 1.29 is 14.3 Å². The number of carbonyl (C=O) groups excluding carboxylic acids is 2. The van der Waals surface area contributed by atoms with Crippen molar-refractivity contribution in [2.24, 2.45) is 5.73 Å². The number of hydrogen-bond acceptors (Lipinski definition) is 5. The van der Waals surface area contributed by atoms with Crippen LogP contribution in [0.15, 0.2) is 42.5 Å². The zero-order chi connectivity index (χ0) is 20.9. The summed E-state index contributed by atoms with van der Waals surface area (Å²) in [7, 11) is 0. The minimum atomic E-state index is -0.446. The Labute approximate surface area is 176 Å². The summed E-state index contributed by atoms with van der Waals surface area (Å²) < 4.78 is 5.97. The highest BCUT2D eigenvalue weighted by molar-refractivity contribution is 5.93. The summed E-state index contributed by atoms with van der Waals surface area (Å²) in [5.41, 5.74) is 8.36. The van der Waals surface area contributed by atoms with Gasteiger partial charge in [-0.1, -0.05) is 18.2 Å². The molecule has 158 valence electrons. The van der Waals surface area contributed by atoms with E-state index < -0.39 is 5.91 Å². The molecular formula is C23H28N4O3. The number of nitrogens with zero attached hydrogens (tertiary/aromatic N) is 3. The number of piperidine rings is 1.